The molecule has 1 aliphatic rings. The topological polar surface area (TPSA) is 122 Å². The van der Waals surface area contributed by atoms with Gasteiger partial charge in [-0.25, -0.2) is 13.8 Å². The van der Waals surface area contributed by atoms with E-state index in [2.05, 4.69) is 20.9 Å². The lowest BCUT2D eigenvalue weighted by atomic mass is 9.94. The molecule has 0 radical (unpaired) electrons. The summed E-state index contributed by atoms with van der Waals surface area (Å²) < 4.78 is 68.5. The number of rotatable bonds is 4. The summed E-state index contributed by atoms with van der Waals surface area (Å²) in [5.41, 5.74) is -2.65. The van der Waals surface area contributed by atoms with E-state index in [1.165, 1.54) is 7.05 Å². The normalized spacial score (nSPS) is 15.4. The molecule has 4 amide bonds. The summed E-state index contributed by atoms with van der Waals surface area (Å²) in [5, 5.41) is 6.40. The average molecular weight is 556 g/mol. The molecule has 2 heterocycles. The van der Waals surface area contributed by atoms with Gasteiger partial charge in [0.2, 0.25) is 17.6 Å². The van der Waals surface area contributed by atoms with Crippen molar-refractivity contribution in [3.8, 4) is 0 Å². The lowest BCUT2D eigenvalue weighted by molar-refractivity contribution is -0.138. The first-order valence-electron chi connectivity index (χ1n) is 10.6. The van der Waals surface area contributed by atoms with E-state index >= 15 is 0 Å². The number of imide groups is 1. The van der Waals surface area contributed by atoms with Crippen LogP contribution in [0.15, 0.2) is 36.4 Å². The van der Waals surface area contributed by atoms with E-state index in [9.17, 15) is 41.1 Å². The number of benzene rings is 2. The molecule has 0 bridgehead atoms. The summed E-state index contributed by atoms with van der Waals surface area (Å²) in [4.78, 5) is 54.9. The van der Waals surface area contributed by atoms with Crippen molar-refractivity contribution in [3.05, 3.63) is 81.3 Å². The third-order valence-electron chi connectivity index (χ3n) is 5.53. The number of halogens is 6. The van der Waals surface area contributed by atoms with Gasteiger partial charge in [-0.15, -0.1) is 0 Å². The van der Waals surface area contributed by atoms with Gasteiger partial charge in [0, 0.05) is 17.6 Å². The number of fused-ring (bicyclic) bond motifs is 1. The molecule has 0 unspecified atom stereocenters. The first-order valence-corrected chi connectivity index (χ1v) is 11.0. The van der Waals surface area contributed by atoms with Crippen LogP contribution in [0, 0.1) is 11.6 Å². The van der Waals surface area contributed by atoms with Gasteiger partial charge >= 0.3 is 6.18 Å². The Balaban J connectivity index is 1.91. The van der Waals surface area contributed by atoms with Gasteiger partial charge in [-0.05, 0) is 42.0 Å². The average Bonchev–Trinajstić information content (AvgIpc) is 3.09. The standard InChI is InChI=1S/C23H15ClF5N5O4/c1-30-22(38)19-32-18(33-20(36)9-4-10(23(27,28)29)6-12(26)5-9)17-16(13-7-11(25)2-3-14(13)24)21(37)31-15(35)8-34(17)19/h2-7,16H,8H2,1H3,(H,30,38)(H,33,36)(H,31,35,37)/t16-/m0/s1. The molecule has 38 heavy (non-hydrogen) atoms. The second-order valence-electron chi connectivity index (χ2n) is 8.03. The minimum atomic E-state index is -4.97. The molecule has 2 aromatic carbocycles. The predicted molar refractivity (Wildman–Crippen MR) is 121 cm³/mol. The van der Waals surface area contributed by atoms with E-state index < -0.39 is 76.7 Å². The third-order valence-corrected chi connectivity index (χ3v) is 5.87. The van der Waals surface area contributed by atoms with Gasteiger partial charge < -0.3 is 15.2 Å². The predicted octanol–water partition coefficient (Wildman–Crippen LogP) is 3.23. The van der Waals surface area contributed by atoms with Crippen molar-refractivity contribution in [3.63, 3.8) is 0 Å². The molecular weight excluding hydrogens is 541 g/mol. The van der Waals surface area contributed by atoms with Crippen LogP contribution in [0.25, 0.3) is 0 Å². The Bertz CT molecular complexity index is 1500. The number of nitrogens with one attached hydrogen (secondary N) is 3. The highest BCUT2D eigenvalue weighted by Crippen LogP contribution is 2.37. The number of nitrogens with zero attached hydrogens (tertiary/aromatic N) is 2. The summed E-state index contributed by atoms with van der Waals surface area (Å²) in [6, 6.07) is 4.16. The third kappa shape index (κ3) is 5.07. The highest BCUT2D eigenvalue weighted by atomic mass is 35.5. The molecule has 1 aromatic heterocycles. The largest absolute Gasteiger partial charge is 0.416 e. The van der Waals surface area contributed by atoms with Crippen LogP contribution in [0.5, 0.6) is 0 Å². The SMILES string of the molecule is CNC(=O)c1nc(NC(=O)c2cc(F)cc(C(F)(F)F)c2)c2n1CC(=O)NC(=O)[C@H]2c1cc(F)ccc1Cl. The van der Waals surface area contributed by atoms with Crippen LogP contribution in [0.3, 0.4) is 0 Å². The number of aromatic nitrogens is 2. The number of imidazole rings is 1. The second kappa shape index (κ2) is 9.85. The van der Waals surface area contributed by atoms with E-state index in [1.807, 2.05) is 0 Å². The van der Waals surface area contributed by atoms with Gasteiger partial charge in [0.1, 0.15) is 24.1 Å². The zero-order valence-corrected chi connectivity index (χ0v) is 19.8. The van der Waals surface area contributed by atoms with Gasteiger partial charge in [-0.1, -0.05) is 11.6 Å². The van der Waals surface area contributed by atoms with E-state index in [4.69, 9.17) is 11.6 Å². The summed E-state index contributed by atoms with van der Waals surface area (Å²) in [7, 11) is 1.23. The van der Waals surface area contributed by atoms with Crippen LogP contribution in [-0.2, 0) is 22.3 Å². The molecule has 9 nitrogen and oxygen atoms in total. The molecule has 1 atom stereocenters. The van der Waals surface area contributed by atoms with Crippen molar-refractivity contribution in [2.45, 2.75) is 18.6 Å². The molecule has 0 saturated carbocycles. The number of alkyl halides is 3. The smallest absolute Gasteiger partial charge is 0.352 e. The fourth-order valence-electron chi connectivity index (χ4n) is 3.90. The maximum atomic E-state index is 14.1. The molecule has 0 saturated heterocycles. The van der Waals surface area contributed by atoms with E-state index in [1.54, 1.807) is 0 Å². The molecule has 3 aromatic rings. The molecular formula is C23H15ClF5N5O4. The van der Waals surface area contributed by atoms with Crippen LogP contribution in [0.2, 0.25) is 5.02 Å². The number of hydrogen-bond donors (Lipinski definition) is 3. The summed E-state index contributed by atoms with van der Waals surface area (Å²) in [5.74, 6) is -8.79. The van der Waals surface area contributed by atoms with Gasteiger partial charge in [0.25, 0.3) is 11.8 Å². The molecule has 1 aliphatic heterocycles. The second-order valence-corrected chi connectivity index (χ2v) is 8.43. The Kier molecular flexibility index (Phi) is 6.93. The van der Waals surface area contributed by atoms with Gasteiger partial charge in [-0.2, -0.15) is 13.2 Å². The number of carbonyl (C=O) groups is 4. The van der Waals surface area contributed by atoms with Gasteiger partial charge in [0.15, 0.2) is 5.82 Å². The number of carbonyl (C=O) groups excluding carboxylic acids is 4. The highest BCUT2D eigenvalue weighted by molar-refractivity contribution is 6.31. The fourth-order valence-corrected chi connectivity index (χ4v) is 4.13. The molecule has 4 rings (SSSR count). The Morgan fingerprint density at radius 2 is 1.79 bits per heavy atom. The van der Waals surface area contributed by atoms with Crippen LogP contribution in [0.1, 0.15) is 43.7 Å². The van der Waals surface area contributed by atoms with Crippen LogP contribution in [0.4, 0.5) is 27.8 Å². The first kappa shape index (κ1) is 26.7. The Labute approximate surface area is 215 Å². The van der Waals surface area contributed by atoms with E-state index in [0.29, 0.717) is 12.1 Å². The Hall–Kier alpha value is -4.33. The molecule has 0 fully saturated rings. The van der Waals surface area contributed by atoms with Gasteiger partial charge in [0.05, 0.1) is 11.3 Å². The zero-order chi connectivity index (χ0) is 27.9. The minimum Gasteiger partial charge on any atom is -0.352 e. The number of hydrogen-bond acceptors (Lipinski definition) is 5. The molecule has 3 N–H and O–H groups in total. The minimum absolute atomic E-state index is 0.118. The molecule has 0 aliphatic carbocycles. The van der Waals surface area contributed by atoms with E-state index in [0.717, 1.165) is 22.8 Å². The maximum absolute atomic E-state index is 14.1. The number of amides is 4. The Morgan fingerprint density at radius 3 is 2.45 bits per heavy atom. The lowest BCUT2D eigenvalue weighted by Gasteiger charge is -2.18. The summed E-state index contributed by atoms with van der Waals surface area (Å²) >= 11 is 6.20. The number of anilines is 1. The monoisotopic (exact) mass is 555 g/mol. The van der Waals surface area contributed by atoms with Gasteiger partial charge in [-0.3, -0.25) is 24.5 Å². The van der Waals surface area contributed by atoms with Crippen LogP contribution in [-0.4, -0.2) is 40.2 Å². The van der Waals surface area contributed by atoms with Crippen molar-refractivity contribution in [2.24, 2.45) is 0 Å². The van der Waals surface area contributed by atoms with Crippen molar-refractivity contribution in [2.75, 3.05) is 12.4 Å². The van der Waals surface area contributed by atoms with Crippen LogP contribution >= 0.6 is 11.6 Å². The Morgan fingerprint density at radius 1 is 1.08 bits per heavy atom. The lowest BCUT2D eigenvalue weighted by Crippen LogP contribution is -2.34. The summed E-state index contributed by atoms with van der Waals surface area (Å²) in [6.07, 6.45) is -4.97. The molecule has 15 heteroatoms. The fraction of sp³-hybridized carbons (Fsp3) is 0.174. The summed E-state index contributed by atoms with van der Waals surface area (Å²) in [6.45, 7) is -0.645. The van der Waals surface area contributed by atoms with Crippen LogP contribution < -0.4 is 16.0 Å². The first-order chi connectivity index (χ1) is 17.8. The van der Waals surface area contributed by atoms with Crippen molar-refractivity contribution >= 4 is 41.0 Å². The van der Waals surface area contributed by atoms with Crippen molar-refractivity contribution in [1.29, 1.82) is 0 Å². The van der Waals surface area contributed by atoms with Crippen molar-refractivity contribution < 1.29 is 41.1 Å². The quantitative estimate of drug-likeness (QED) is 0.337. The molecule has 0 spiro atoms. The van der Waals surface area contributed by atoms with E-state index in [-0.39, 0.29) is 22.3 Å². The maximum Gasteiger partial charge on any atom is 0.416 e. The molecule has 198 valence electrons. The highest BCUT2D eigenvalue weighted by Gasteiger charge is 2.39. The zero-order valence-electron chi connectivity index (χ0n) is 19.0. The van der Waals surface area contributed by atoms with Crippen molar-refractivity contribution in [1.82, 2.24) is 20.2 Å².